The van der Waals surface area contributed by atoms with Gasteiger partial charge in [-0.2, -0.15) is 8.78 Å². The topological polar surface area (TPSA) is 170 Å². The minimum Gasteiger partial charge on any atom is -0.480 e. The molecule has 4 rings (SSSR count). The minimum absolute atomic E-state index is 0.105. The molecule has 1 amide bonds. The van der Waals surface area contributed by atoms with Gasteiger partial charge < -0.3 is 29.8 Å². The summed E-state index contributed by atoms with van der Waals surface area (Å²) in [7, 11) is -3.40. The molecule has 0 bridgehead atoms. The van der Waals surface area contributed by atoms with Gasteiger partial charge in [-0.1, -0.05) is 12.1 Å². The lowest BCUT2D eigenvalue weighted by Gasteiger charge is -2.15. The average Bonchev–Trinajstić information content (AvgIpc) is 3.35. The molecule has 35 heavy (non-hydrogen) atoms. The maximum atomic E-state index is 15.4. The number of benzene rings is 2. The second kappa shape index (κ2) is 8.52. The number of carboxylic acid groups (broad SMARTS) is 1. The first-order valence-electron chi connectivity index (χ1n) is 10.2. The van der Waals surface area contributed by atoms with Gasteiger partial charge in [0.15, 0.2) is 11.6 Å². The second-order valence-electron chi connectivity index (χ2n) is 8.04. The summed E-state index contributed by atoms with van der Waals surface area (Å²) in [6.07, 6.45) is -1.10. The van der Waals surface area contributed by atoms with Crippen molar-refractivity contribution < 1.29 is 37.8 Å². The number of halogens is 2. The molecule has 1 unspecified atom stereocenters. The van der Waals surface area contributed by atoms with Gasteiger partial charge in [0, 0.05) is 12.6 Å². The van der Waals surface area contributed by atoms with Crippen LogP contribution in [0.4, 0.5) is 8.78 Å². The molecule has 0 radical (unpaired) electrons. The number of hydrogen-bond donors (Lipinski definition) is 5. The number of fused-ring (bicyclic) bond motifs is 2. The molecule has 0 aliphatic rings. The first-order valence-corrected chi connectivity index (χ1v) is 12.0. The predicted molar refractivity (Wildman–Crippen MR) is 120 cm³/mol. The van der Waals surface area contributed by atoms with Crippen LogP contribution in [0.3, 0.4) is 0 Å². The lowest BCUT2D eigenvalue weighted by Crippen LogP contribution is -2.43. The van der Waals surface area contributed by atoms with Crippen LogP contribution in [0.25, 0.3) is 22.1 Å². The van der Waals surface area contributed by atoms with Crippen molar-refractivity contribution in [2.45, 2.75) is 18.9 Å². The van der Waals surface area contributed by atoms with Crippen LogP contribution >= 0.6 is 7.60 Å². The smallest absolute Gasteiger partial charge is 0.361 e. The maximum absolute atomic E-state index is 15.4. The molecule has 2 aromatic heterocycles. The number of amides is 1. The number of aryl methyl sites for hydroxylation is 2. The highest BCUT2D eigenvalue weighted by molar-refractivity contribution is 7.51. The summed E-state index contributed by atoms with van der Waals surface area (Å²) in [4.78, 5) is 52.6. The highest BCUT2D eigenvalue weighted by Gasteiger charge is 2.42. The molecule has 5 N–H and O–H groups in total. The van der Waals surface area contributed by atoms with E-state index in [2.05, 4.69) is 15.0 Å². The summed E-state index contributed by atoms with van der Waals surface area (Å²) in [5.41, 5.74) is 1.77. The fraction of sp³-hybridized carbons (Fsp3) is 0.238. The van der Waals surface area contributed by atoms with E-state index >= 15 is 8.78 Å². The van der Waals surface area contributed by atoms with Crippen LogP contribution in [0.1, 0.15) is 27.6 Å². The summed E-state index contributed by atoms with van der Waals surface area (Å²) in [5.74, 6) is -7.42. The highest BCUT2D eigenvalue weighted by Crippen LogP contribution is 2.37. The van der Waals surface area contributed by atoms with E-state index in [-0.39, 0.29) is 16.6 Å². The fourth-order valence-corrected chi connectivity index (χ4v) is 4.43. The van der Waals surface area contributed by atoms with Gasteiger partial charge in [-0.15, -0.1) is 0 Å². The zero-order valence-corrected chi connectivity index (χ0v) is 19.3. The number of aromatic amines is 1. The quantitative estimate of drug-likeness (QED) is 0.237. The van der Waals surface area contributed by atoms with E-state index in [0.29, 0.717) is 11.0 Å². The number of nitrogens with zero attached hydrogens (tertiary/aromatic N) is 3. The van der Waals surface area contributed by atoms with Gasteiger partial charge in [-0.25, -0.2) is 14.8 Å². The first-order chi connectivity index (χ1) is 16.3. The van der Waals surface area contributed by atoms with Crippen LogP contribution < -0.4 is 5.32 Å². The summed E-state index contributed by atoms with van der Waals surface area (Å²) >= 11 is 0. The Morgan fingerprint density at radius 2 is 1.94 bits per heavy atom. The van der Waals surface area contributed by atoms with Gasteiger partial charge in [0.2, 0.25) is 0 Å². The maximum Gasteiger partial charge on any atom is 0.361 e. The highest BCUT2D eigenvalue weighted by atomic mass is 31.2. The largest absolute Gasteiger partial charge is 0.480 e. The number of hydrogen-bond acceptors (Lipinski definition) is 5. The van der Waals surface area contributed by atoms with E-state index in [4.69, 9.17) is 14.9 Å². The Labute approximate surface area is 196 Å². The van der Waals surface area contributed by atoms with Crippen molar-refractivity contribution in [3.05, 3.63) is 59.2 Å². The molecule has 184 valence electrons. The summed E-state index contributed by atoms with van der Waals surface area (Å²) in [6.45, 7) is 1.75. The predicted octanol–water partition coefficient (Wildman–Crippen LogP) is 2.26. The third-order valence-corrected chi connectivity index (χ3v) is 6.30. The molecule has 1 atom stereocenters. The van der Waals surface area contributed by atoms with Crippen LogP contribution in [-0.4, -0.2) is 58.5 Å². The lowest BCUT2D eigenvalue weighted by molar-refractivity contribution is -0.138. The standard InChI is InChI=1S/C21H20F2N5O6P/c1-10-4-3-5-13-16(10)27-19(25-13)21(22,23)20-26-12-7-6-11(8-15(12)28(20)2)17(29)24-14(18(30)31)9-35(32,33)34/h3-8,14H,9H2,1-2H3,(H,24,29)(H,25,27)(H,30,31)(H2,32,33,34). The van der Waals surface area contributed by atoms with Crippen molar-refractivity contribution in [2.24, 2.45) is 7.05 Å². The molecule has 0 fully saturated rings. The van der Waals surface area contributed by atoms with E-state index in [0.717, 1.165) is 10.1 Å². The average molecular weight is 507 g/mol. The van der Waals surface area contributed by atoms with Gasteiger partial charge in [-0.05, 0) is 36.8 Å². The number of H-pyrrole nitrogens is 1. The Morgan fingerprint density at radius 3 is 2.57 bits per heavy atom. The number of carboxylic acids is 1. The summed E-state index contributed by atoms with van der Waals surface area (Å²) in [6, 6.07) is 7.04. The zero-order chi connectivity index (χ0) is 25.7. The van der Waals surface area contributed by atoms with Crippen molar-refractivity contribution in [3.63, 3.8) is 0 Å². The number of carbonyl (C=O) groups excluding carboxylic acids is 1. The van der Waals surface area contributed by atoms with Gasteiger partial charge in [0.05, 0.1) is 28.2 Å². The molecule has 14 heteroatoms. The number of rotatable bonds is 7. The molecule has 0 saturated heterocycles. The van der Waals surface area contributed by atoms with Crippen LogP contribution in [-0.2, 0) is 22.3 Å². The van der Waals surface area contributed by atoms with E-state index < -0.39 is 49.2 Å². The Bertz CT molecular complexity index is 1530. The number of aliphatic carboxylic acids is 1. The molecular formula is C21H20F2N5O6P. The fourth-order valence-electron chi connectivity index (χ4n) is 3.71. The van der Waals surface area contributed by atoms with Gasteiger partial charge >= 0.3 is 19.5 Å². The third kappa shape index (κ3) is 4.65. The number of nitrogens with one attached hydrogen (secondary N) is 2. The minimum atomic E-state index is -4.73. The van der Waals surface area contributed by atoms with Crippen molar-refractivity contribution in [1.29, 1.82) is 0 Å². The normalized spacial score (nSPS) is 13.3. The van der Waals surface area contributed by atoms with Crippen molar-refractivity contribution in [1.82, 2.24) is 24.8 Å². The molecule has 0 saturated carbocycles. The SMILES string of the molecule is Cc1cccc2[nH]c(C(F)(F)c3nc4ccc(C(=O)NC(CP(=O)(O)O)C(=O)O)cc4n3C)nc12. The Kier molecular flexibility index (Phi) is 5.95. The molecule has 11 nitrogen and oxygen atoms in total. The Hall–Kier alpha value is -3.67. The van der Waals surface area contributed by atoms with Gasteiger partial charge in [0.1, 0.15) is 6.04 Å². The molecule has 0 spiro atoms. The lowest BCUT2D eigenvalue weighted by atomic mass is 10.1. The molecular weight excluding hydrogens is 487 g/mol. The van der Waals surface area contributed by atoms with Crippen LogP contribution in [0.15, 0.2) is 36.4 Å². The molecule has 2 aromatic carbocycles. The van der Waals surface area contributed by atoms with Crippen LogP contribution in [0, 0.1) is 6.92 Å². The monoisotopic (exact) mass is 507 g/mol. The molecule has 2 heterocycles. The van der Waals surface area contributed by atoms with E-state index in [1.807, 2.05) is 5.32 Å². The van der Waals surface area contributed by atoms with Crippen molar-refractivity contribution in [3.8, 4) is 0 Å². The third-order valence-electron chi connectivity index (χ3n) is 5.46. The van der Waals surface area contributed by atoms with E-state index in [1.165, 1.54) is 25.2 Å². The number of aromatic nitrogens is 4. The van der Waals surface area contributed by atoms with Crippen molar-refractivity contribution >= 4 is 41.5 Å². The van der Waals surface area contributed by atoms with Crippen LogP contribution in [0.2, 0.25) is 0 Å². The number of para-hydroxylation sites is 1. The van der Waals surface area contributed by atoms with E-state index in [1.54, 1.807) is 25.1 Å². The summed E-state index contributed by atoms with van der Waals surface area (Å²) in [5, 5.41) is 11.2. The van der Waals surface area contributed by atoms with Gasteiger partial charge in [-0.3, -0.25) is 9.36 Å². The van der Waals surface area contributed by atoms with Gasteiger partial charge in [0.25, 0.3) is 5.91 Å². The number of alkyl halides is 2. The molecule has 0 aliphatic carbocycles. The molecule has 0 aliphatic heterocycles. The first kappa shape index (κ1) is 24.5. The Morgan fingerprint density at radius 1 is 1.23 bits per heavy atom. The van der Waals surface area contributed by atoms with Crippen LogP contribution in [0.5, 0.6) is 0 Å². The molecule has 4 aromatic rings. The van der Waals surface area contributed by atoms with Crippen molar-refractivity contribution in [2.75, 3.05) is 6.16 Å². The number of imidazole rings is 2. The van der Waals surface area contributed by atoms with E-state index in [9.17, 15) is 14.2 Å². The number of carbonyl (C=O) groups is 2. The zero-order valence-electron chi connectivity index (χ0n) is 18.4. The summed E-state index contributed by atoms with van der Waals surface area (Å²) < 4.78 is 43.1. The Balaban J connectivity index is 1.69. The second-order valence-corrected chi connectivity index (χ2v) is 9.73.